The highest BCUT2D eigenvalue weighted by Gasteiger charge is 2.20. The summed E-state index contributed by atoms with van der Waals surface area (Å²) in [5.41, 5.74) is 6.35. The van der Waals surface area contributed by atoms with Crippen LogP contribution in [0.2, 0.25) is 0 Å². The SMILES string of the molecule is O=C(O)c1ccc(-n2c(-c3cccc(-c4nc5ccccc5n4-c4ccc(C(=O)O)cc4)n3)nc3ccccc32)cc1. The van der Waals surface area contributed by atoms with E-state index in [2.05, 4.69) is 0 Å². The molecule has 0 aliphatic heterocycles. The number of aromatic nitrogens is 5. The highest BCUT2D eigenvalue weighted by Crippen LogP contribution is 2.32. The number of hydrogen-bond donors (Lipinski definition) is 2. The molecule has 0 aliphatic rings. The van der Waals surface area contributed by atoms with Crippen molar-refractivity contribution in [1.82, 2.24) is 24.1 Å². The van der Waals surface area contributed by atoms with E-state index in [9.17, 15) is 19.8 Å². The fourth-order valence-corrected chi connectivity index (χ4v) is 5.11. The van der Waals surface area contributed by atoms with Crippen molar-refractivity contribution in [2.75, 3.05) is 0 Å². The van der Waals surface area contributed by atoms with Gasteiger partial charge in [-0.3, -0.25) is 9.13 Å². The third-order valence-electron chi connectivity index (χ3n) is 7.07. The second-order valence-electron chi connectivity index (χ2n) is 9.63. The predicted octanol–water partition coefficient (Wildman–Crippen LogP) is 6.49. The molecule has 0 amide bonds. The van der Waals surface area contributed by atoms with Gasteiger partial charge in [0, 0.05) is 11.4 Å². The first kappa shape index (κ1) is 24.9. The van der Waals surface area contributed by atoms with Crippen molar-refractivity contribution in [2.24, 2.45) is 0 Å². The smallest absolute Gasteiger partial charge is 0.335 e. The number of carboxylic acid groups (broad SMARTS) is 2. The number of carbonyl (C=O) groups is 2. The van der Waals surface area contributed by atoms with Crippen LogP contribution in [0.5, 0.6) is 0 Å². The molecule has 0 fully saturated rings. The summed E-state index contributed by atoms with van der Waals surface area (Å²) in [6.45, 7) is 0. The van der Waals surface area contributed by atoms with E-state index in [0.717, 1.165) is 33.4 Å². The van der Waals surface area contributed by atoms with E-state index < -0.39 is 11.9 Å². The maximum absolute atomic E-state index is 11.4. The molecule has 9 heteroatoms. The Morgan fingerprint density at radius 3 is 1.29 bits per heavy atom. The van der Waals surface area contributed by atoms with Gasteiger partial charge >= 0.3 is 11.9 Å². The van der Waals surface area contributed by atoms with Gasteiger partial charge in [-0.25, -0.2) is 24.5 Å². The fraction of sp³-hybridized carbons (Fsp3) is 0. The number of carboxylic acids is 2. The number of fused-ring (bicyclic) bond motifs is 2. The van der Waals surface area contributed by atoms with Crippen LogP contribution >= 0.6 is 0 Å². The van der Waals surface area contributed by atoms with Gasteiger partial charge in [0.25, 0.3) is 0 Å². The van der Waals surface area contributed by atoms with E-state index in [1.54, 1.807) is 48.5 Å². The Labute approximate surface area is 238 Å². The first-order chi connectivity index (χ1) is 20.5. The summed E-state index contributed by atoms with van der Waals surface area (Å²) in [6.07, 6.45) is 0. The molecule has 0 spiro atoms. The maximum Gasteiger partial charge on any atom is 0.335 e. The van der Waals surface area contributed by atoms with E-state index in [1.165, 1.54) is 0 Å². The number of benzene rings is 4. The number of nitrogens with zero attached hydrogens (tertiary/aromatic N) is 5. The summed E-state index contributed by atoms with van der Waals surface area (Å²) in [5.74, 6) is -0.802. The molecule has 202 valence electrons. The molecule has 3 heterocycles. The fourth-order valence-electron chi connectivity index (χ4n) is 5.11. The summed E-state index contributed by atoms with van der Waals surface area (Å²) in [5, 5.41) is 18.8. The molecule has 0 atom stereocenters. The van der Waals surface area contributed by atoms with Crippen LogP contribution in [0.3, 0.4) is 0 Å². The molecule has 0 saturated carbocycles. The zero-order valence-corrected chi connectivity index (χ0v) is 21.9. The first-order valence-electron chi connectivity index (χ1n) is 13.1. The Kier molecular flexibility index (Phi) is 5.83. The normalized spacial score (nSPS) is 11.2. The molecule has 7 rings (SSSR count). The summed E-state index contributed by atoms with van der Waals surface area (Å²) in [4.78, 5) is 37.7. The summed E-state index contributed by atoms with van der Waals surface area (Å²) >= 11 is 0. The van der Waals surface area contributed by atoms with Gasteiger partial charge in [-0.15, -0.1) is 0 Å². The zero-order chi connectivity index (χ0) is 28.8. The minimum atomic E-state index is -0.993. The van der Waals surface area contributed by atoms with Gasteiger partial charge in [-0.05, 0) is 84.9 Å². The second kappa shape index (κ2) is 9.83. The molecule has 2 N–H and O–H groups in total. The molecular formula is C33H21N5O4. The van der Waals surface area contributed by atoms with Gasteiger partial charge in [-0.1, -0.05) is 30.3 Å². The molecule has 0 aliphatic carbocycles. The number of aromatic carboxylic acids is 2. The van der Waals surface area contributed by atoms with Crippen molar-refractivity contribution in [3.8, 4) is 34.4 Å². The summed E-state index contributed by atoms with van der Waals surface area (Å²) in [7, 11) is 0. The Balaban J connectivity index is 1.41. The molecule has 0 bridgehead atoms. The van der Waals surface area contributed by atoms with Crippen molar-refractivity contribution in [3.63, 3.8) is 0 Å². The zero-order valence-electron chi connectivity index (χ0n) is 21.9. The number of rotatable bonds is 6. The van der Waals surface area contributed by atoms with E-state index in [1.807, 2.05) is 75.9 Å². The second-order valence-corrected chi connectivity index (χ2v) is 9.63. The van der Waals surface area contributed by atoms with Crippen LogP contribution < -0.4 is 0 Å². The van der Waals surface area contributed by atoms with Gasteiger partial charge in [-0.2, -0.15) is 0 Å². The molecule has 4 aromatic carbocycles. The lowest BCUT2D eigenvalue weighted by molar-refractivity contribution is 0.0686. The highest BCUT2D eigenvalue weighted by molar-refractivity contribution is 5.89. The van der Waals surface area contributed by atoms with Crippen molar-refractivity contribution in [3.05, 3.63) is 126 Å². The highest BCUT2D eigenvalue weighted by atomic mass is 16.4. The number of imidazole rings is 2. The van der Waals surface area contributed by atoms with E-state index in [4.69, 9.17) is 15.0 Å². The van der Waals surface area contributed by atoms with Crippen LogP contribution in [0, 0.1) is 0 Å². The maximum atomic E-state index is 11.4. The minimum Gasteiger partial charge on any atom is -0.478 e. The molecule has 0 radical (unpaired) electrons. The third-order valence-corrected chi connectivity index (χ3v) is 7.07. The number of hydrogen-bond acceptors (Lipinski definition) is 5. The molecule has 0 unspecified atom stereocenters. The molecule has 9 nitrogen and oxygen atoms in total. The van der Waals surface area contributed by atoms with Gasteiger partial charge in [0.1, 0.15) is 11.4 Å². The van der Waals surface area contributed by atoms with Crippen LogP contribution in [0.4, 0.5) is 0 Å². The van der Waals surface area contributed by atoms with Gasteiger partial charge < -0.3 is 10.2 Å². The topological polar surface area (TPSA) is 123 Å². The van der Waals surface area contributed by atoms with Crippen LogP contribution in [0.15, 0.2) is 115 Å². The van der Waals surface area contributed by atoms with Crippen LogP contribution in [-0.4, -0.2) is 46.2 Å². The molecule has 0 saturated heterocycles. The van der Waals surface area contributed by atoms with Crippen LogP contribution in [0.1, 0.15) is 20.7 Å². The largest absolute Gasteiger partial charge is 0.478 e. The third kappa shape index (κ3) is 4.16. The Hall–Kier alpha value is -6.09. The number of pyridine rings is 1. The average molecular weight is 552 g/mol. The van der Waals surface area contributed by atoms with Gasteiger partial charge in [0.15, 0.2) is 11.6 Å². The monoisotopic (exact) mass is 551 g/mol. The van der Waals surface area contributed by atoms with Crippen molar-refractivity contribution in [1.29, 1.82) is 0 Å². The average Bonchev–Trinajstić information content (AvgIpc) is 3.61. The van der Waals surface area contributed by atoms with Crippen molar-refractivity contribution < 1.29 is 19.8 Å². The van der Waals surface area contributed by atoms with Gasteiger partial charge in [0.2, 0.25) is 0 Å². The van der Waals surface area contributed by atoms with Crippen LogP contribution in [-0.2, 0) is 0 Å². The lowest BCUT2D eigenvalue weighted by Crippen LogP contribution is -2.03. The lowest BCUT2D eigenvalue weighted by Gasteiger charge is -2.12. The predicted molar refractivity (Wildman–Crippen MR) is 158 cm³/mol. The standard InChI is InChI=1S/C33H21N5O4/c39-32(40)20-12-16-22(17-13-20)37-28-10-3-1-6-24(28)35-30(37)26-8-5-9-27(34-26)31-36-25-7-2-4-11-29(25)38(31)23-18-14-21(15-19-23)33(41)42/h1-19H,(H,39,40)(H,41,42). The van der Waals surface area contributed by atoms with E-state index >= 15 is 0 Å². The van der Waals surface area contributed by atoms with Gasteiger partial charge in [0.05, 0.1) is 33.2 Å². The molecule has 3 aromatic heterocycles. The molecule has 7 aromatic rings. The van der Waals surface area contributed by atoms with E-state index in [0.29, 0.717) is 23.0 Å². The minimum absolute atomic E-state index is 0.195. The lowest BCUT2D eigenvalue weighted by atomic mass is 10.2. The quantitative estimate of drug-likeness (QED) is 0.242. The summed E-state index contributed by atoms with van der Waals surface area (Å²) < 4.78 is 3.92. The Bertz CT molecular complexity index is 1990. The Morgan fingerprint density at radius 2 is 0.881 bits per heavy atom. The van der Waals surface area contributed by atoms with Crippen LogP contribution in [0.25, 0.3) is 56.5 Å². The Morgan fingerprint density at radius 1 is 0.476 bits per heavy atom. The molecular weight excluding hydrogens is 530 g/mol. The van der Waals surface area contributed by atoms with Crippen molar-refractivity contribution >= 4 is 34.0 Å². The van der Waals surface area contributed by atoms with Crippen molar-refractivity contribution in [2.45, 2.75) is 0 Å². The first-order valence-corrected chi connectivity index (χ1v) is 13.1. The van der Waals surface area contributed by atoms with E-state index in [-0.39, 0.29) is 11.1 Å². The summed E-state index contributed by atoms with van der Waals surface area (Å²) in [6, 6.07) is 34.4. The number of para-hydroxylation sites is 4. The molecule has 42 heavy (non-hydrogen) atoms.